The van der Waals surface area contributed by atoms with Gasteiger partial charge in [0.25, 0.3) is 0 Å². The van der Waals surface area contributed by atoms with Gasteiger partial charge >= 0.3 is 12.1 Å². The van der Waals surface area contributed by atoms with Crippen molar-refractivity contribution in [1.29, 1.82) is 0 Å². The minimum absolute atomic E-state index is 0.00997. The van der Waals surface area contributed by atoms with E-state index in [1.54, 1.807) is 0 Å². The van der Waals surface area contributed by atoms with Crippen LogP contribution in [0, 0.1) is 0 Å². The lowest BCUT2D eigenvalue weighted by Crippen LogP contribution is -2.33. The Bertz CT molecular complexity index is 767. The van der Waals surface area contributed by atoms with Crippen LogP contribution in [0.1, 0.15) is 24.5 Å². The number of alkyl carbamates (subject to hydrolysis) is 1. The molecule has 1 unspecified atom stereocenters. The molecule has 0 aliphatic carbocycles. The van der Waals surface area contributed by atoms with Gasteiger partial charge in [-0.15, -0.1) is 0 Å². The molecular weight excluding hydrogens is 378 g/mol. The Hall–Kier alpha value is -2.80. The van der Waals surface area contributed by atoms with E-state index < -0.39 is 17.3 Å². The molecule has 0 saturated carbocycles. The van der Waals surface area contributed by atoms with Crippen molar-refractivity contribution in [2.75, 3.05) is 6.54 Å². The maximum Gasteiger partial charge on any atom is 0.407 e. The Kier molecular flexibility index (Phi) is 9.07. The molecule has 0 radical (unpaired) electrons. The number of amides is 1. The summed E-state index contributed by atoms with van der Waals surface area (Å²) in [6.45, 7) is 1.86. The summed E-state index contributed by atoms with van der Waals surface area (Å²) in [5, 5.41) is 2.03. The number of carbonyl (C=O) groups excluding carboxylic acids is 3. The van der Waals surface area contributed by atoms with Crippen LogP contribution in [-0.4, -0.2) is 29.0 Å². The fourth-order valence-electron chi connectivity index (χ4n) is 2.34. The van der Waals surface area contributed by atoms with Gasteiger partial charge in [-0.1, -0.05) is 72.4 Å². The predicted octanol–water partition coefficient (Wildman–Crippen LogP) is 3.69. The number of rotatable bonds is 9. The van der Waals surface area contributed by atoms with Gasteiger partial charge in [0.15, 0.2) is 5.12 Å². The number of esters is 1. The third-order valence-corrected chi connectivity index (χ3v) is 4.66. The first-order valence-electron chi connectivity index (χ1n) is 8.84. The second kappa shape index (κ2) is 11.8. The smallest absolute Gasteiger partial charge is 0.407 e. The molecule has 1 N–H and O–H groups in total. The second-order valence-corrected chi connectivity index (χ2v) is 7.50. The van der Waals surface area contributed by atoms with Gasteiger partial charge in [0, 0.05) is 18.7 Å². The van der Waals surface area contributed by atoms with Crippen molar-refractivity contribution in [2.45, 2.75) is 31.8 Å². The molecule has 7 heteroatoms. The maximum atomic E-state index is 12.1. The van der Waals surface area contributed by atoms with Crippen LogP contribution in [0.3, 0.4) is 0 Å². The molecule has 2 rings (SSSR count). The molecule has 0 heterocycles. The summed E-state index contributed by atoms with van der Waals surface area (Å²) in [6, 6.07) is 18.6. The average molecular weight is 401 g/mol. The molecule has 0 aromatic heterocycles. The molecule has 2 aromatic carbocycles. The highest BCUT2D eigenvalue weighted by atomic mass is 32.2. The van der Waals surface area contributed by atoms with E-state index in [2.05, 4.69) is 5.32 Å². The monoisotopic (exact) mass is 401 g/mol. The summed E-state index contributed by atoms with van der Waals surface area (Å²) < 4.78 is 10.4. The molecule has 0 bridgehead atoms. The first kappa shape index (κ1) is 21.5. The molecule has 0 fully saturated rings. The van der Waals surface area contributed by atoms with E-state index >= 15 is 0 Å². The lowest BCUT2D eigenvalue weighted by Gasteiger charge is -2.15. The molecule has 0 aliphatic rings. The summed E-state index contributed by atoms with van der Waals surface area (Å²) in [7, 11) is 0. The number of benzene rings is 2. The van der Waals surface area contributed by atoms with E-state index in [9.17, 15) is 14.4 Å². The Morgan fingerprint density at radius 2 is 1.43 bits per heavy atom. The molecule has 1 atom stereocenters. The number of hydrogen-bond acceptors (Lipinski definition) is 6. The van der Waals surface area contributed by atoms with Crippen LogP contribution in [0.4, 0.5) is 4.79 Å². The van der Waals surface area contributed by atoms with Gasteiger partial charge < -0.3 is 14.8 Å². The lowest BCUT2D eigenvalue weighted by molar-refractivity contribution is -0.144. The third kappa shape index (κ3) is 8.73. The summed E-state index contributed by atoms with van der Waals surface area (Å²) >= 11 is 0.996. The molecule has 0 spiro atoms. The van der Waals surface area contributed by atoms with Crippen LogP contribution in [-0.2, 0) is 32.3 Å². The van der Waals surface area contributed by atoms with Gasteiger partial charge in [0.2, 0.25) is 0 Å². The zero-order chi connectivity index (χ0) is 20.2. The van der Waals surface area contributed by atoms with Gasteiger partial charge in [0.1, 0.15) is 13.2 Å². The van der Waals surface area contributed by atoms with Crippen molar-refractivity contribution in [1.82, 2.24) is 5.32 Å². The number of thioether (sulfide) groups is 1. The minimum Gasteiger partial charge on any atom is -0.461 e. The van der Waals surface area contributed by atoms with Crippen LogP contribution in [0.15, 0.2) is 60.7 Å². The first-order valence-corrected chi connectivity index (χ1v) is 9.72. The molecule has 2 aromatic rings. The van der Waals surface area contributed by atoms with Crippen molar-refractivity contribution in [3.63, 3.8) is 0 Å². The predicted molar refractivity (Wildman–Crippen MR) is 108 cm³/mol. The molecule has 1 amide bonds. The number of ether oxygens (including phenoxy) is 2. The summed E-state index contributed by atoms with van der Waals surface area (Å²) in [5.41, 5.74) is 1.76. The van der Waals surface area contributed by atoms with E-state index in [1.807, 2.05) is 60.7 Å². The molecule has 148 valence electrons. The molecule has 0 aliphatic heterocycles. The van der Waals surface area contributed by atoms with E-state index in [0.717, 1.165) is 22.9 Å². The molecular formula is C21H23NO5S. The van der Waals surface area contributed by atoms with Gasteiger partial charge in [-0.25, -0.2) is 4.79 Å². The third-order valence-electron chi connectivity index (χ3n) is 3.66. The summed E-state index contributed by atoms with van der Waals surface area (Å²) in [5.74, 6) is -0.429. The van der Waals surface area contributed by atoms with Crippen LogP contribution in [0.25, 0.3) is 0 Å². The fraction of sp³-hybridized carbons (Fsp3) is 0.286. The highest BCUT2D eigenvalue weighted by Crippen LogP contribution is 2.16. The number of nitrogens with one attached hydrogen (secondary N) is 1. The molecule has 0 saturated heterocycles. The van der Waals surface area contributed by atoms with Crippen LogP contribution >= 0.6 is 11.8 Å². The standard InChI is InChI=1S/C21H23NO5S/c1-16(23)28-19(12-20(24)26-14-17-8-4-2-5-9-17)13-22-21(25)27-15-18-10-6-3-7-11-18/h2-11,19H,12-15H2,1H3,(H,22,25). The Balaban J connectivity index is 1.75. The number of carbonyl (C=O) groups is 3. The van der Waals surface area contributed by atoms with Crippen molar-refractivity contribution < 1.29 is 23.9 Å². The average Bonchev–Trinajstić information content (AvgIpc) is 2.70. The van der Waals surface area contributed by atoms with Crippen LogP contribution in [0.2, 0.25) is 0 Å². The van der Waals surface area contributed by atoms with E-state index in [1.165, 1.54) is 6.92 Å². The van der Waals surface area contributed by atoms with E-state index in [0.29, 0.717) is 0 Å². The Morgan fingerprint density at radius 1 is 0.893 bits per heavy atom. The second-order valence-electron chi connectivity index (χ2n) is 6.02. The minimum atomic E-state index is -0.601. The fourth-order valence-corrected chi connectivity index (χ4v) is 3.20. The van der Waals surface area contributed by atoms with Gasteiger partial charge in [-0.05, 0) is 11.1 Å². The zero-order valence-corrected chi connectivity index (χ0v) is 16.4. The van der Waals surface area contributed by atoms with Gasteiger partial charge in [-0.3, -0.25) is 9.59 Å². The van der Waals surface area contributed by atoms with Gasteiger partial charge in [0.05, 0.1) is 6.42 Å². The van der Waals surface area contributed by atoms with Crippen molar-refractivity contribution in [2.24, 2.45) is 0 Å². The number of hydrogen-bond donors (Lipinski definition) is 1. The van der Waals surface area contributed by atoms with Crippen LogP contribution in [0.5, 0.6) is 0 Å². The summed E-state index contributed by atoms with van der Waals surface area (Å²) in [6.07, 6.45) is -0.591. The van der Waals surface area contributed by atoms with Crippen molar-refractivity contribution in [3.8, 4) is 0 Å². The topological polar surface area (TPSA) is 81.7 Å². The maximum absolute atomic E-state index is 12.1. The highest BCUT2D eigenvalue weighted by Gasteiger charge is 2.19. The van der Waals surface area contributed by atoms with E-state index in [-0.39, 0.29) is 31.3 Å². The zero-order valence-electron chi connectivity index (χ0n) is 15.6. The van der Waals surface area contributed by atoms with Gasteiger partial charge in [-0.2, -0.15) is 0 Å². The Labute approximate surface area is 168 Å². The van der Waals surface area contributed by atoms with Crippen LogP contribution < -0.4 is 5.32 Å². The van der Waals surface area contributed by atoms with Crippen molar-refractivity contribution >= 4 is 28.9 Å². The normalized spacial score (nSPS) is 11.3. The largest absolute Gasteiger partial charge is 0.461 e. The molecule has 6 nitrogen and oxygen atoms in total. The first-order chi connectivity index (χ1) is 13.5. The SMILES string of the molecule is CC(=O)SC(CNC(=O)OCc1ccccc1)CC(=O)OCc1ccccc1. The quantitative estimate of drug-likeness (QED) is 0.646. The Morgan fingerprint density at radius 3 is 1.96 bits per heavy atom. The van der Waals surface area contributed by atoms with Crippen molar-refractivity contribution in [3.05, 3.63) is 71.8 Å². The lowest BCUT2D eigenvalue weighted by atomic mass is 10.2. The summed E-state index contributed by atoms with van der Waals surface area (Å²) in [4.78, 5) is 35.4. The highest BCUT2D eigenvalue weighted by molar-refractivity contribution is 8.14. The molecule has 28 heavy (non-hydrogen) atoms. The van der Waals surface area contributed by atoms with E-state index in [4.69, 9.17) is 9.47 Å².